The monoisotopic (exact) mass is 266 g/mol. The summed E-state index contributed by atoms with van der Waals surface area (Å²) in [6.07, 6.45) is 2.42. The van der Waals surface area contributed by atoms with Crippen LogP contribution in [-0.2, 0) is 14.8 Å². The number of rotatable bonds is 10. The van der Waals surface area contributed by atoms with Crippen LogP contribution in [0.5, 0.6) is 0 Å². The maximum atomic E-state index is 11.7. The van der Waals surface area contributed by atoms with Crippen molar-refractivity contribution in [1.82, 2.24) is 4.72 Å². The van der Waals surface area contributed by atoms with Crippen molar-refractivity contribution in [2.24, 2.45) is 5.73 Å². The minimum absolute atomic E-state index is 0.169. The lowest BCUT2D eigenvalue weighted by molar-refractivity contribution is 0.0762. The Morgan fingerprint density at radius 3 is 2.41 bits per heavy atom. The highest BCUT2D eigenvalue weighted by atomic mass is 32.2. The van der Waals surface area contributed by atoms with Gasteiger partial charge in [-0.05, 0) is 33.1 Å². The topological polar surface area (TPSA) is 81.4 Å². The van der Waals surface area contributed by atoms with Gasteiger partial charge in [-0.3, -0.25) is 0 Å². The van der Waals surface area contributed by atoms with E-state index < -0.39 is 15.3 Å². The van der Waals surface area contributed by atoms with Crippen molar-refractivity contribution in [2.75, 3.05) is 19.7 Å². The Morgan fingerprint density at radius 2 is 1.94 bits per heavy atom. The first-order valence-corrected chi connectivity index (χ1v) is 7.78. The van der Waals surface area contributed by atoms with Crippen LogP contribution in [0, 0.1) is 0 Å². The highest BCUT2D eigenvalue weighted by Crippen LogP contribution is 2.02. The second-order valence-corrected chi connectivity index (χ2v) is 6.38. The van der Waals surface area contributed by atoms with Gasteiger partial charge in [0.05, 0.1) is 11.4 Å². The summed E-state index contributed by atoms with van der Waals surface area (Å²) in [5, 5.41) is -0.477. The summed E-state index contributed by atoms with van der Waals surface area (Å²) in [5.74, 6) is 0. The lowest BCUT2D eigenvalue weighted by atomic mass is 10.3. The average Bonchev–Trinajstić information content (AvgIpc) is 2.24. The fourth-order valence-corrected chi connectivity index (χ4v) is 2.75. The molecule has 0 aliphatic rings. The van der Waals surface area contributed by atoms with E-state index in [1.807, 2.05) is 20.8 Å². The van der Waals surface area contributed by atoms with E-state index in [2.05, 4.69) is 4.72 Å². The molecule has 17 heavy (non-hydrogen) atoms. The standard InChI is InChI=1S/C11H26N2O3S/c1-4-11(9-12)17(14,15)13-7-5-6-8-16-10(2)3/h10-11,13H,4-9,12H2,1-3H3. The predicted molar refractivity (Wildman–Crippen MR) is 70.4 cm³/mol. The Balaban J connectivity index is 3.73. The second kappa shape index (κ2) is 8.85. The van der Waals surface area contributed by atoms with Crippen molar-refractivity contribution in [1.29, 1.82) is 0 Å². The molecule has 0 aliphatic heterocycles. The predicted octanol–water partition coefficient (Wildman–Crippen LogP) is 0.848. The highest BCUT2D eigenvalue weighted by Gasteiger charge is 2.20. The molecule has 0 amide bonds. The van der Waals surface area contributed by atoms with Gasteiger partial charge in [-0.2, -0.15) is 0 Å². The molecule has 0 rings (SSSR count). The Kier molecular flexibility index (Phi) is 8.77. The van der Waals surface area contributed by atoms with Crippen molar-refractivity contribution >= 4 is 10.0 Å². The third-order valence-corrected chi connectivity index (χ3v) is 4.49. The minimum Gasteiger partial charge on any atom is -0.379 e. The van der Waals surface area contributed by atoms with Crippen LogP contribution in [0.2, 0.25) is 0 Å². The van der Waals surface area contributed by atoms with E-state index in [1.54, 1.807) is 0 Å². The van der Waals surface area contributed by atoms with Gasteiger partial charge in [-0.1, -0.05) is 6.92 Å². The Bertz CT molecular complexity index is 274. The number of hydrogen-bond donors (Lipinski definition) is 2. The SMILES string of the molecule is CCC(CN)S(=O)(=O)NCCCCOC(C)C. The van der Waals surface area contributed by atoms with E-state index in [-0.39, 0.29) is 12.6 Å². The van der Waals surface area contributed by atoms with Crippen LogP contribution >= 0.6 is 0 Å². The largest absolute Gasteiger partial charge is 0.379 e. The van der Waals surface area contributed by atoms with Gasteiger partial charge in [0.1, 0.15) is 0 Å². The Morgan fingerprint density at radius 1 is 1.29 bits per heavy atom. The molecule has 3 N–H and O–H groups in total. The summed E-state index contributed by atoms with van der Waals surface area (Å²) >= 11 is 0. The fourth-order valence-electron chi connectivity index (χ4n) is 1.39. The number of sulfonamides is 1. The third-order valence-electron chi connectivity index (χ3n) is 2.48. The average molecular weight is 266 g/mol. The summed E-state index contributed by atoms with van der Waals surface area (Å²) < 4.78 is 31.4. The Hall–Kier alpha value is -0.170. The van der Waals surface area contributed by atoms with Crippen LogP contribution in [0.4, 0.5) is 0 Å². The number of hydrogen-bond acceptors (Lipinski definition) is 4. The zero-order chi connectivity index (χ0) is 13.3. The molecular formula is C11H26N2O3S. The Labute approximate surface area is 105 Å². The molecule has 0 aromatic heterocycles. The zero-order valence-corrected chi connectivity index (χ0v) is 11.9. The van der Waals surface area contributed by atoms with E-state index in [1.165, 1.54) is 0 Å². The van der Waals surface area contributed by atoms with Crippen molar-refractivity contribution in [3.63, 3.8) is 0 Å². The van der Waals surface area contributed by atoms with Crippen LogP contribution in [0.15, 0.2) is 0 Å². The molecule has 0 radical (unpaired) electrons. The van der Waals surface area contributed by atoms with Crippen LogP contribution in [0.25, 0.3) is 0 Å². The lowest BCUT2D eigenvalue weighted by Gasteiger charge is -2.14. The minimum atomic E-state index is -3.24. The van der Waals surface area contributed by atoms with Crippen molar-refractivity contribution in [3.05, 3.63) is 0 Å². The quantitative estimate of drug-likeness (QED) is 0.574. The zero-order valence-electron chi connectivity index (χ0n) is 11.1. The summed E-state index contributed by atoms with van der Waals surface area (Å²) in [7, 11) is -3.24. The van der Waals surface area contributed by atoms with E-state index >= 15 is 0 Å². The van der Waals surface area contributed by atoms with Crippen LogP contribution in [0.1, 0.15) is 40.0 Å². The highest BCUT2D eigenvalue weighted by molar-refractivity contribution is 7.90. The fraction of sp³-hybridized carbons (Fsp3) is 1.00. The molecule has 1 atom stereocenters. The molecule has 1 unspecified atom stereocenters. The van der Waals surface area contributed by atoms with Gasteiger partial charge in [0.15, 0.2) is 0 Å². The van der Waals surface area contributed by atoms with E-state index in [9.17, 15) is 8.42 Å². The first kappa shape index (κ1) is 16.8. The second-order valence-electron chi connectivity index (χ2n) is 4.33. The van der Waals surface area contributed by atoms with Gasteiger partial charge in [0.2, 0.25) is 10.0 Å². The lowest BCUT2D eigenvalue weighted by Crippen LogP contribution is -2.39. The first-order valence-electron chi connectivity index (χ1n) is 6.24. The molecule has 0 heterocycles. The summed E-state index contributed by atoms with van der Waals surface area (Å²) in [4.78, 5) is 0. The number of ether oxygens (including phenoxy) is 1. The maximum absolute atomic E-state index is 11.7. The molecule has 0 saturated carbocycles. The van der Waals surface area contributed by atoms with Crippen LogP contribution in [0.3, 0.4) is 0 Å². The maximum Gasteiger partial charge on any atom is 0.215 e. The van der Waals surface area contributed by atoms with Crippen molar-refractivity contribution < 1.29 is 13.2 Å². The third kappa shape index (κ3) is 7.70. The molecule has 0 fully saturated rings. The van der Waals surface area contributed by atoms with Crippen molar-refractivity contribution in [2.45, 2.75) is 51.4 Å². The van der Waals surface area contributed by atoms with E-state index in [0.29, 0.717) is 19.6 Å². The van der Waals surface area contributed by atoms with Gasteiger partial charge in [0, 0.05) is 19.7 Å². The van der Waals surface area contributed by atoms with Gasteiger partial charge >= 0.3 is 0 Å². The molecule has 5 nitrogen and oxygen atoms in total. The van der Waals surface area contributed by atoms with Crippen LogP contribution in [-0.4, -0.2) is 39.5 Å². The molecule has 0 aromatic rings. The van der Waals surface area contributed by atoms with Crippen LogP contribution < -0.4 is 10.5 Å². The first-order chi connectivity index (χ1) is 7.94. The normalized spacial score (nSPS) is 14.2. The number of nitrogens with one attached hydrogen (secondary N) is 1. The number of unbranched alkanes of at least 4 members (excludes halogenated alkanes) is 1. The molecule has 0 aliphatic carbocycles. The molecular weight excluding hydrogens is 240 g/mol. The van der Waals surface area contributed by atoms with Crippen molar-refractivity contribution in [3.8, 4) is 0 Å². The van der Waals surface area contributed by atoms with Gasteiger partial charge in [-0.15, -0.1) is 0 Å². The number of nitrogens with two attached hydrogens (primary N) is 1. The molecule has 6 heteroatoms. The summed E-state index contributed by atoms with van der Waals surface area (Å²) in [6, 6.07) is 0. The molecule has 0 saturated heterocycles. The molecule has 104 valence electrons. The molecule has 0 spiro atoms. The van der Waals surface area contributed by atoms with E-state index in [4.69, 9.17) is 10.5 Å². The summed E-state index contributed by atoms with van der Waals surface area (Å²) in [5.41, 5.74) is 5.42. The van der Waals surface area contributed by atoms with E-state index in [0.717, 1.165) is 12.8 Å². The molecule has 0 bridgehead atoms. The summed E-state index contributed by atoms with van der Waals surface area (Å²) in [6.45, 7) is 7.09. The molecule has 0 aromatic carbocycles. The van der Waals surface area contributed by atoms with Gasteiger partial charge < -0.3 is 10.5 Å². The van der Waals surface area contributed by atoms with Gasteiger partial charge in [0.25, 0.3) is 0 Å². The van der Waals surface area contributed by atoms with Gasteiger partial charge in [-0.25, -0.2) is 13.1 Å². The smallest absolute Gasteiger partial charge is 0.215 e.